The van der Waals surface area contributed by atoms with Gasteiger partial charge in [0.15, 0.2) is 0 Å². The number of benzene rings is 1. The van der Waals surface area contributed by atoms with Gasteiger partial charge < -0.3 is 20.5 Å². The molecule has 0 spiro atoms. The minimum atomic E-state index is -1.03. The number of carbonyl (C=O) groups is 2. The minimum Gasteiger partial charge on any atom is -0.492 e. The maximum Gasteiger partial charge on any atom is 0.326 e. The first kappa shape index (κ1) is 16.8. The summed E-state index contributed by atoms with van der Waals surface area (Å²) in [5.41, 5.74) is 0. The van der Waals surface area contributed by atoms with Crippen LogP contribution in [-0.2, 0) is 4.79 Å². The number of hydrogen-bond acceptors (Lipinski definition) is 3. The number of carbonyl (C=O) groups excluding carboxylic acids is 1. The van der Waals surface area contributed by atoms with Crippen LogP contribution in [0.2, 0.25) is 0 Å². The highest BCUT2D eigenvalue weighted by atomic mass is 16.5. The Balaban J connectivity index is 2.25. The molecule has 0 fully saturated rings. The van der Waals surface area contributed by atoms with E-state index in [-0.39, 0.29) is 5.92 Å². The molecule has 2 amide bonds. The first-order chi connectivity index (χ1) is 9.99. The van der Waals surface area contributed by atoms with Gasteiger partial charge >= 0.3 is 12.0 Å². The van der Waals surface area contributed by atoms with E-state index >= 15 is 0 Å². The summed E-state index contributed by atoms with van der Waals surface area (Å²) < 4.78 is 5.41. The number of urea groups is 1. The Labute approximate surface area is 124 Å². The zero-order valence-electron chi connectivity index (χ0n) is 12.3. The van der Waals surface area contributed by atoms with Crippen molar-refractivity contribution in [1.82, 2.24) is 10.6 Å². The molecule has 1 atom stereocenters. The third kappa shape index (κ3) is 7.20. The topological polar surface area (TPSA) is 87.7 Å². The molecule has 1 rings (SSSR count). The molecule has 0 saturated heterocycles. The van der Waals surface area contributed by atoms with Gasteiger partial charge in [0.1, 0.15) is 18.4 Å². The number of carboxylic acids is 1. The molecule has 0 heterocycles. The zero-order chi connectivity index (χ0) is 15.7. The number of aliphatic carboxylic acids is 1. The smallest absolute Gasteiger partial charge is 0.326 e. The van der Waals surface area contributed by atoms with Crippen molar-refractivity contribution in [3.63, 3.8) is 0 Å². The molecule has 0 aliphatic carbocycles. The lowest BCUT2D eigenvalue weighted by atomic mass is 10.0. The summed E-state index contributed by atoms with van der Waals surface area (Å²) in [6.45, 7) is 4.43. The minimum absolute atomic E-state index is 0.188. The molecule has 0 saturated carbocycles. The number of carboxylic acid groups (broad SMARTS) is 1. The molecule has 0 aliphatic heterocycles. The highest BCUT2D eigenvalue weighted by Gasteiger charge is 2.20. The average Bonchev–Trinajstić information content (AvgIpc) is 2.43. The van der Waals surface area contributed by atoms with Gasteiger partial charge in [0, 0.05) is 0 Å². The van der Waals surface area contributed by atoms with E-state index in [0.717, 1.165) is 5.75 Å². The summed E-state index contributed by atoms with van der Waals surface area (Å²) in [5.74, 6) is -0.116. The number of amides is 2. The summed E-state index contributed by atoms with van der Waals surface area (Å²) in [7, 11) is 0. The number of para-hydroxylation sites is 1. The van der Waals surface area contributed by atoms with Gasteiger partial charge in [-0.2, -0.15) is 0 Å². The Kier molecular flexibility index (Phi) is 7.08. The summed E-state index contributed by atoms with van der Waals surface area (Å²) >= 11 is 0. The van der Waals surface area contributed by atoms with E-state index in [1.807, 2.05) is 44.2 Å². The van der Waals surface area contributed by atoms with Crippen molar-refractivity contribution in [3.8, 4) is 5.75 Å². The number of ether oxygens (including phenoxy) is 1. The Morgan fingerprint density at radius 1 is 1.24 bits per heavy atom. The number of hydrogen-bond donors (Lipinski definition) is 3. The first-order valence-electron chi connectivity index (χ1n) is 6.94. The second-order valence-electron chi connectivity index (χ2n) is 5.08. The van der Waals surface area contributed by atoms with Gasteiger partial charge in [0.2, 0.25) is 0 Å². The van der Waals surface area contributed by atoms with E-state index in [1.54, 1.807) is 0 Å². The van der Waals surface area contributed by atoms with Crippen molar-refractivity contribution in [3.05, 3.63) is 30.3 Å². The maximum absolute atomic E-state index is 11.6. The SMILES string of the molecule is CC(C)C[C@@H](NC(=O)NCCOc1ccccc1)C(=O)O. The molecule has 0 aliphatic rings. The highest BCUT2D eigenvalue weighted by Crippen LogP contribution is 2.07. The zero-order valence-corrected chi connectivity index (χ0v) is 12.3. The molecule has 1 aromatic rings. The van der Waals surface area contributed by atoms with Gasteiger partial charge in [-0.25, -0.2) is 9.59 Å². The molecule has 116 valence electrons. The highest BCUT2D eigenvalue weighted by molar-refractivity contribution is 5.82. The van der Waals surface area contributed by atoms with Crippen LogP contribution in [0.25, 0.3) is 0 Å². The molecule has 0 bridgehead atoms. The van der Waals surface area contributed by atoms with Crippen molar-refractivity contribution in [2.45, 2.75) is 26.3 Å². The lowest BCUT2D eigenvalue weighted by molar-refractivity contribution is -0.139. The van der Waals surface area contributed by atoms with Crippen LogP contribution in [0.15, 0.2) is 30.3 Å². The standard InChI is InChI=1S/C15H22N2O4/c1-11(2)10-13(14(18)19)17-15(20)16-8-9-21-12-6-4-3-5-7-12/h3-7,11,13H,8-10H2,1-2H3,(H,18,19)(H2,16,17,20)/t13-/m1/s1. The van der Waals surface area contributed by atoms with Crippen LogP contribution in [0.3, 0.4) is 0 Å². The quantitative estimate of drug-likeness (QED) is 0.639. The predicted molar refractivity (Wildman–Crippen MR) is 79.4 cm³/mol. The van der Waals surface area contributed by atoms with Crippen molar-refractivity contribution in [1.29, 1.82) is 0 Å². The fourth-order valence-electron chi connectivity index (χ4n) is 1.75. The average molecular weight is 294 g/mol. The van der Waals surface area contributed by atoms with Crippen molar-refractivity contribution >= 4 is 12.0 Å². The van der Waals surface area contributed by atoms with Crippen molar-refractivity contribution in [2.75, 3.05) is 13.2 Å². The fraction of sp³-hybridized carbons (Fsp3) is 0.467. The maximum atomic E-state index is 11.6. The molecular weight excluding hydrogens is 272 g/mol. The summed E-state index contributed by atoms with van der Waals surface area (Å²) in [4.78, 5) is 22.6. The second-order valence-corrected chi connectivity index (χ2v) is 5.08. The number of rotatable bonds is 8. The normalized spacial score (nSPS) is 11.8. The fourth-order valence-corrected chi connectivity index (χ4v) is 1.75. The lowest BCUT2D eigenvalue weighted by Gasteiger charge is -2.17. The molecule has 0 radical (unpaired) electrons. The van der Waals surface area contributed by atoms with Crippen LogP contribution < -0.4 is 15.4 Å². The summed E-state index contributed by atoms with van der Waals surface area (Å²) in [6, 6.07) is 7.88. The van der Waals surface area contributed by atoms with E-state index in [1.165, 1.54) is 0 Å². The van der Waals surface area contributed by atoms with Crippen molar-refractivity contribution in [2.24, 2.45) is 5.92 Å². The molecule has 6 heteroatoms. The summed E-state index contributed by atoms with van der Waals surface area (Å²) in [6.07, 6.45) is 0.392. The molecule has 0 unspecified atom stereocenters. The first-order valence-corrected chi connectivity index (χ1v) is 6.94. The third-order valence-corrected chi connectivity index (χ3v) is 2.71. The van der Waals surface area contributed by atoms with Gasteiger partial charge in [-0.3, -0.25) is 0 Å². The monoisotopic (exact) mass is 294 g/mol. The van der Waals surface area contributed by atoms with Crippen LogP contribution >= 0.6 is 0 Å². The van der Waals surface area contributed by atoms with E-state index in [4.69, 9.17) is 9.84 Å². The molecule has 3 N–H and O–H groups in total. The van der Waals surface area contributed by atoms with Gasteiger partial charge in [0.05, 0.1) is 6.54 Å². The van der Waals surface area contributed by atoms with Gasteiger partial charge in [-0.1, -0.05) is 32.0 Å². The molecule has 21 heavy (non-hydrogen) atoms. The van der Waals surface area contributed by atoms with E-state index < -0.39 is 18.0 Å². The van der Waals surface area contributed by atoms with E-state index in [9.17, 15) is 9.59 Å². The molecule has 0 aromatic heterocycles. The molecule has 1 aromatic carbocycles. The Morgan fingerprint density at radius 2 is 1.90 bits per heavy atom. The van der Waals surface area contributed by atoms with Crippen LogP contribution in [0.4, 0.5) is 4.79 Å². The molecule has 6 nitrogen and oxygen atoms in total. The van der Waals surface area contributed by atoms with Crippen LogP contribution in [0.5, 0.6) is 5.75 Å². The van der Waals surface area contributed by atoms with Crippen LogP contribution in [0.1, 0.15) is 20.3 Å². The largest absolute Gasteiger partial charge is 0.492 e. The third-order valence-electron chi connectivity index (χ3n) is 2.71. The Morgan fingerprint density at radius 3 is 2.48 bits per heavy atom. The Bertz CT molecular complexity index is 448. The number of nitrogens with one attached hydrogen (secondary N) is 2. The van der Waals surface area contributed by atoms with Gasteiger partial charge in [0.25, 0.3) is 0 Å². The van der Waals surface area contributed by atoms with Crippen LogP contribution in [0, 0.1) is 5.92 Å². The Hall–Kier alpha value is -2.24. The van der Waals surface area contributed by atoms with E-state index in [0.29, 0.717) is 19.6 Å². The van der Waals surface area contributed by atoms with Gasteiger partial charge in [-0.15, -0.1) is 0 Å². The lowest BCUT2D eigenvalue weighted by Crippen LogP contribution is -2.47. The van der Waals surface area contributed by atoms with Crippen molar-refractivity contribution < 1.29 is 19.4 Å². The predicted octanol–water partition coefficient (Wildman–Crippen LogP) is 1.86. The summed E-state index contributed by atoms with van der Waals surface area (Å²) in [5, 5.41) is 14.0. The second kappa shape index (κ2) is 8.84. The van der Waals surface area contributed by atoms with Gasteiger partial charge in [-0.05, 0) is 24.5 Å². The van der Waals surface area contributed by atoms with E-state index in [2.05, 4.69) is 10.6 Å². The van der Waals surface area contributed by atoms with Crippen LogP contribution in [-0.4, -0.2) is 36.3 Å². The molecular formula is C15H22N2O4.